The van der Waals surface area contributed by atoms with Crippen LogP contribution in [0.15, 0.2) is 39.7 Å². The van der Waals surface area contributed by atoms with Crippen LogP contribution < -0.4 is 10.9 Å². The minimum absolute atomic E-state index is 0.352. The van der Waals surface area contributed by atoms with Crippen LogP contribution in [0.25, 0.3) is 11.0 Å². The van der Waals surface area contributed by atoms with Crippen molar-refractivity contribution in [3.8, 4) is 0 Å². The summed E-state index contributed by atoms with van der Waals surface area (Å²) in [7, 11) is 1.93. The number of nitrogens with one attached hydrogen (secondary N) is 1. The van der Waals surface area contributed by atoms with E-state index in [2.05, 4.69) is 17.3 Å². The van der Waals surface area contributed by atoms with E-state index in [1.54, 1.807) is 6.07 Å². The highest BCUT2D eigenvalue weighted by Gasteiger charge is 2.11. The lowest BCUT2D eigenvalue weighted by molar-refractivity contribution is 0.506. The summed E-state index contributed by atoms with van der Waals surface area (Å²) in [6.45, 7) is 7.46. The molecule has 2 heterocycles. The summed E-state index contributed by atoms with van der Waals surface area (Å²) in [5.74, 6) is 0. The molecule has 0 aliphatic heterocycles. The van der Waals surface area contributed by atoms with Gasteiger partial charge in [0, 0.05) is 55.1 Å². The maximum Gasteiger partial charge on any atom is 0.336 e. The number of rotatable bonds is 4. The minimum Gasteiger partial charge on any atom is -0.423 e. The van der Waals surface area contributed by atoms with Gasteiger partial charge < -0.3 is 14.6 Å². The Morgan fingerprint density at radius 3 is 2.81 bits per heavy atom. The standard InChI is InChI=1S/C19H22N4O2S/c1-5-23-11-14(13(3)21-23)10-22(4)19(26)20-15-6-7-16-12(2)8-18(24)25-17(16)9-15/h6-9,11H,5,10H2,1-4H3,(H,20,26). The van der Waals surface area contributed by atoms with Gasteiger partial charge in [0.2, 0.25) is 0 Å². The molecule has 0 aliphatic rings. The summed E-state index contributed by atoms with van der Waals surface area (Å²) in [6.07, 6.45) is 2.04. The molecule has 26 heavy (non-hydrogen) atoms. The molecule has 0 aliphatic carbocycles. The summed E-state index contributed by atoms with van der Waals surface area (Å²) in [5, 5.41) is 9.16. The van der Waals surface area contributed by atoms with E-state index in [9.17, 15) is 4.79 Å². The van der Waals surface area contributed by atoms with E-state index in [4.69, 9.17) is 16.6 Å². The van der Waals surface area contributed by atoms with Crippen molar-refractivity contribution in [2.45, 2.75) is 33.9 Å². The largest absolute Gasteiger partial charge is 0.423 e. The second kappa shape index (κ2) is 7.29. The van der Waals surface area contributed by atoms with Gasteiger partial charge >= 0.3 is 5.63 Å². The molecule has 7 heteroatoms. The average Bonchev–Trinajstić information content (AvgIpc) is 2.94. The van der Waals surface area contributed by atoms with Gasteiger partial charge in [-0.25, -0.2) is 4.79 Å². The number of nitrogens with zero attached hydrogens (tertiary/aromatic N) is 3. The Morgan fingerprint density at radius 1 is 1.35 bits per heavy atom. The molecule has 0 saturated carbocycles. The van der Waals surface area contributed by atoms with Crippen LogP contribution in [0.1, 0.15) is 23.7 Å². The lowest BCUT2D eigenvalue weighted by atomic mass is 10.1. The molecule has 0 amide bonds. The predicted octanol–water partition coefficient (Wildman–Crippen LogP) is 3.46. The summed E-state index contributed by atoms with van der Waals surface area (Å²) >= 11 is 5.51. The van der Waals surface area contributed by atoms with Crippen molar-refractivity contribution in [1.29, 1.82) is 0 Å². The summed E-state index contributed by atoms with van der Waals surface area (Å²) < 4.78 is 7.21. The zero-order valence-corrected chi connectivity index (χ0v) is 16.2. The van der Waals surface area contributed by atoms with Gasteiger partial charge in [0.25, 0.3) is 0 Å². The Bertz CT molecular complexity index is 1020. The number of hydrogen-bond acceptors (Lipinski definition) is 4. The molecule has 6 nitrogen and oxygen atoms in total. The van der Waals surface area contributed by atoms with Gasteiger partial charge in [0.05, 0.1) is 5.69 Å². The van der Waals surface area contributed by atoms with Crippen molar-refractivity contribution in [1.82, 2.24) is 14.7 Å². The van der Waals surface area contributed by atoms with Gasteiger partial charge in [-0.1, -0.05) is 0 Å². The van der Waals surface area contributed by atoms with Crippen molar-refractivity contribution in [3.63, 3.8) is 0 Å². The normalized spacial score (nSPS) is 10.9. The zero-order valence-electron chi connectivity index (χ0n) is 15.4. The second-order valence-corrected chi connectivity index (χ2v) is 6.73. The maximum atomic E-state index is 11.6. The quantitative estimate of drug-likeness (QED) is 0.561. The zero-order chi connectivity index (χ0) is 18.8. The molecule has 1 N–H and O–H groups in total. The molecule has 3 rings (SSSR count). The van der Waals surface area contributed by atoms with Crippen molar-refractivity contribution in [2.24, 2.45) is 0 Å². The Labute approximate surface area is 157 Å². The van der Waals surface area contributed by atoms with Gasteiger partial charge in [-0.05, 0) is 50.7 Å². The van der Waals surface area contributed by atoms with Gasteiger partial charge in [-0.3, -0.25) is 4.68 Å². The number of benzene rings is 1. The molecule has 0 fully saturated rings. The third-order valence-corrected chi connectivity index (χ3v) is 4.74. The Kier molecular flexibility index (Phi) is 5.08. The topological polar surface area (TPSA) is 63.3 Å². The fraction of sp³-hybridized carbons (Fsp3) is 0.316. The summed E-state index contributed by atoms with van der Waals surface area (Å²) in [4.78, 5) is 13.5. The first-order valence-electron chi connectivity index (χ1n) is 8.47. The van der Waals surface area contributed by atoms with E-state index in [-0.39, 0.29) is 5.63 Å². The molecule has 0 unspecified atom stereocenters. The highest BCUT2D eigenvalue weighted by molar-refractivity contribution is 7.80. The van der Waals surface area contributed by atoms with Gasteiger partial charge in [-0.2, -0.15) is 5.10 Å². The predicted molar refractivity (Wildman–Crippen MR) is 108 cm³/mol. The number of anilines is 1. The lowest BCUT2D eigenvalue weighted by Gasteiger charge is -2.21. The molecule has 0 bridgehead atoms. The van der Waals surface area contributed by atoms with Crippen LogP contribution in [-0.2, 0) is 13.1 Å². The molecule has 2 aromatic heterocycles. The number of hydrogen-bond donors (Lipinski definition) is 1. The van der Waals surface area contributed by atoms with Gasteiger partial charge in [0.15, 0.2) is 5.11 Å². The molecule has 0 saturated heterocycles. The monoisotopic (exact) mass is 370 g/mol. The van der Waals surface area contributed by atoms with Crippen LogP contribution in [0.3, 0.4) is 0 Å². The minimum atomic E-state index is -0.352. The van der Waals surface area contributed by atoms with Crippen LogP contribution in [0.4, 0.5) is 5.69 Å². The van der Waals surface area contributed by atoms with Crippen molar-refractivity contribution in [2.75, 3.05) is 12.4 Å². The maximum absolute atomic E-state index is 11.6. The molecule has 3 aromatic rings. The third kappa shape index (κ3) is 3.77. The number of thiocarbonyl (C=S) groups is 1. The fourth-order valence-corrected chi connectivity index (χ4v) is 3.01. The first-order chi connectivity index (χ1) is 12.4. The van der Waals surface area contributed by atoms with Gasteiger partial charge in [-0.15, -0.1) is 0 Å². The average molecular weight is 370 g/mol. The first-order valence-corrected chi connectivity index (χ1v) is 8.87. The van der Waals surface area contributed by atoms with E-state index in [0.717, 1.165) is 34.4 Å². The van der Waals surface area contributed by atoms with Crippen LogP contribution in [0.2, 0.25) is 0 Å². The van der Waals surface area contributed by atoms with E-state index in [0.29, 0.717) is 17.2 Å². The first kappa shape index (κ1) is 18.1. The van der Waals surface area contributed by atoms with Crippen LogP contribution in [0.5, 0.6) is 0 Å². The molecule has 0 atom stereocenters. The number of aromatic nitrogens is 2. The fourth-order valence-electron chi connectivity index (χ4n) is 2.83. The molecule has 0 radical (unpaired) electrons. The van der Waals surface area contributed by atoms with Gasteiger partial charge in [0.1, 0.15) is 5.58 Å². The molecule has 1 aromatic carbocycles. The Morgan fingerprint density at radius 2 is 2.12 bits per heavy atom. The third-order valence-electron chi connectivity index (χ3n) is 4.33. The van der Waals surface area contributed by atoms with E-state index in [1.807, 2.05) is 48.8 Å². The number of aryl methyl sites for hydroxylation is 3. The molecule has 136 valence electrons. The Balaban J connectivity index is 1.75. The van der Waals surface area contributed by atoms with Crippen molar-refractivity contribution >= 4 is 34.0 Å². The van der Waals surface area contributed by atoms with Crippen LogP contribution in [0, 0.1) is 13.8 Å². The molecular formula is C19H22N4O2S. The molecular weight excluding hydrogens is 348 g/mol. The summed E-state index contributed by atoms with van der Waals surface area (Å²) in [6, 6.07) is 7.14. The van der Waals surface area contributed by atoms with E-state index in [1.165, 1.54) is 6.07 Å². The second-order valence-electron chi connectivity index (χ2n) is 6.34. The molecule has 0 spiro atoms. The Hall–Kier alpha value is -2.67. The smallest absolute Gasteiger partial charge is 0.336 e. The summed E-state index contributed by atoms with van der Waals surface area (Å²) in [5.41, 5.74) is 4.01. The van der Waals surface area contributed by atoms with E-state index < -0.39 is 0 Å². The van der Waals surface area contributed by atoms with Crippen molar-refractivity contribution in [3.05, 3.63) is 57.7 Å². The highest BCUT2D eigenvalue weighted by Crippen LogP contribution is 2.21. The van der Waals surface area contributed by atoms with E-state index >= 15 is 0 Å². The van der Waals surface area contributed by atoms with Crippen LogP contribution in [-0.4, -0.2) is 26.8 Å². The van der Waals surface area contributed by atoms with Crippen LogP contribution >= 0.6 is 12.2 Å². The highest BCUT2D eigenvalue weighted by atomic mass is 32.1. The van der Waals surface area contributed by atoms with Crippen molar-refractivity contribution < 1.29 is 4.42 Å². The SMILES string of the molecule is CCn1cc(CN(C)C(=S)Nc2ccc3c(C)cc(=O)oc3c2)c(C)n1. The lowest BCUT2D eigenvalue weighted by Crippen LogP contribution is -2.30. The number of fused-ring (bicyclic) bond motifs is 1.